The van der Waals surface area contributed by atoms with E-state index in [0.29, 0.717) is 11.6 Å². The minimum absolute atomic E-state index is 0.378. The quantitative estimate of drug-likeness (QED) is 0.795. The van der Waals surface area contributed by atoms with Crippen LogP contribution in [0.25, 0.3) is 0 Å². The van der Waals surface area contributed by atoms with Gasteiger partial charge in [0.2, 0.25) is 0 Å². The monoisotopic (exact) mass is 240 g/mol. The molecule has 0 aromatic heterocycles. The lowest BCUT2D eigenvalue weighted by atomic mass is 9.93. The molecule has 17 heavy (non-hydrogen) atoms. The van der Waals surface area contributed by atoms with Gasteiger partial charge in [0, 0.05) is 25.2 Å². The Bertz CT molecular complexity index is 220. The molecule has 3 nitrogen and oxygen atoms in total. The number of ether oxygens (including phenoxy) is 1. The molecule has 1 N–H and O–H groups in total. The zero-order valence-electron chi connectivity index (χ0n) is 11.5. The molecule has 0 spiro atoms. The second kappa shape index (κ2) is 6.17. The zero-order valence-corrected chi connectivity index (χ0v) is 11.5. The van der Waals surface area contributed by atoms with Crippen molar-refractivity contribution < 1.29 is 4.74 Å². The highest BCUT2D eigenvalue weighted by Gasteiger charge is 2.33. The largest absolute Gasteiger partial charge is 0.377 e. The van der Waals surface area contributed by atoms with Crippen molar-refractivity contribution in [3.05, 3.63) is 0 Å². The SMILES string of the molecule is CCC1(CN(C)CC2CCCCO2)CCCN1. The Morgan fingerprint density at radius 3 is 2.82 bits per heavy atom. The van der Waals surface area contributed by atoms with E-state index < -0.39 is 0 Å². The van der Waals surface area contributed by atoms with Gasteiger partial charge >= 0.3 is 0 Å². The van der Waals surface area contributed by atoms with Crippen LogP contribution in [0, 0.1) is 0 Å². The Kier molecular flexibility index (Phi) is 4.83. The van der Waals surface area contributed by atoms with Crippen LogP contribution < -0.4 is 5.32 Å². The van der Waals surface area contributed by atoms with Crippen LogP contribution in [-0.4, -0.2) is 49.8 Å². The second-order valence-corrected chi connectivity index (χ2v) is 5.85. The lowest BCUT2D eigenvalue weighted by molar-refractivity contribution is -0.00505. The van der Waals surface area contributed by atoms with Crippen LogP contribution in [0.1, 0.15) is 45.4 Å². The minimum Gasteiger partial charge on any atom is -0.377 e. The molecule has 2 atom stereocenters. The smallest absolute Gasteiger partial charge is 0.0701 e. The van der Waals surface area contributed by atoms with Crippen molar-refractivity contribution in [2.45, 2.75) is 57.1 Å². The first-order chi connectivity index (χ1) is 8.24. The molecule has 3 heteroatoms. The summed E-state index contributed by atoms with van der Waals surface area (Å²) < 4.78 is 5.82. The third-order valence-electron chi connectivity index (χ3n) is 4.37. The van der Waals surface area contributed by atoms with Crippen molar-refractivity contribution in [3.8, 4) is 0 Å². The topological polar surface area (TPSA) is 24.5 Å². The van der Waals surface area contributed by atoms with Gasteiger partial charge in [0.05, 0.1) is 6.10 Å². The summed E-state index contributed by atoms with van der Waals surface area (Å²) >= 11 is 0. The summed E-state index contributed by atoms with van der Waals surface area (Å²) in [7, 11) is 2.25. The molecule has 2 unspecified atom stereocenters. The molecule has 0 aromatic carbocycles. The van der Waals surface area contributed by atoms with E-state index in [9.17, 15) is 0 Å². The molecular formula is C14H28N2O. The number of hydrogen-bond acceptors (Lipinski definition) is 3. The average molecular weight is 240 g/mol. The molecule has 0 radical (unpaired) electrons. The third-order valence-corrected chi connectivity index (χ3v) is 4.37. The Balaban J connectivity index is 1.77. The fourth-order valence-corrected chi connectivity index (χ4v) is 3.30. The second-order valence-electron chi connectivity index (χ2n) is 5.85. The van der Waals surface area contributed by atoms with Gasteiger partial charge in [-0.15, -0.1) is 0 Å². The molecule has 100 valence electrons. The summed E-state index contributed by atoms with van der Waals surface area (Å²) in [6, 6.07) is 0. The number of likely N-dealkylation sites (N-methyl/N-ethyl adjacent to an activating group) is 1. The summed E-state index contributed by atoms with van der Waals surface area (Å²) in [5, 5.41) is 3.71. The van der Waals surface area contributed by atoms with E-state index in [2.05, 4.69) is 24.2 Å². The van der Waals surface area contributed by atoms with Crippen LogP contribution in [0.2, 0.25) is 0 Å². The summed E-state index contributed by atoms with van der Waals surface area (Å²) in [6.45, 7) is 6.74. The molecule has 2 aliphatic heterocycles. The van der Waals surface area contributed by atoms with Gasteiger partial charge in [-0.3, -0.25) is 0 Å². The van der Waals surface area contributed by atoms with Gasteiger partial charge in [-0.1, -0.05) is 6.92 Å². The lowest BCUT2D eigenvalue weighted by Crippen LogP contribution is -2.50. The first-order valence-electron chi connectivity index (χ1n) is 7.29. The van der Waals surface area contributed by atoms with E-state index in [4.69, 9.17) is 4.74 Å². The van der Waals surface area contributed by atoms with Crippen molar-refractivity contribution in [3.63, 3.8) is 0 Å². The predicted octanol–water partition coefficient (Wildman–Crippen LogP) is 2.02. The normalized spacial score (nSPS) is 34.4. The van der Waals surface area contributed by atoms with Gasteiger partial charge in [-0.05, 0) is 52.1 Å². The molecule has 2 rings (SSSR count). The first-order valence-corrected chi connectivity index (χ1v) is 7.29. The van der Waals surface area contributed by atoms with Crippen LogP contribution in [0.4, 0.5) is 0 Å². The van der Waals surface area contributed by atoms with Crippen LogP contribution in [0.5, 0.6) is 0 Å². The summed E-state index contributed by atoms with van der Waals surface area (Å²) in [4.78, 5) is 2.47. The van der Waals surface area contributed by atoms with Gasteiger partial charge in [0.15, 0.2) is 0 Å². The van der Waals surface area contributed by atoms with Crippen LogP contribution in [-0.2, 0) is 4.74 Å². The van der Waals surface area contributed by atoms with E-state index in [1.165, 1.54) is 51.6 Å². The summed E-state index contributed by atoms with van der Waals surface area (Å²) in [6.07, 6.45) is 8.22. The summed E-state index contributed by atoms with van der Waals surface area (Å²) in [5.41, 5.74) is 0.378. The van der Waals surface area contributed by atoms with Gasteiger partial charge in [-0.25, -0.2) is 0 Å². The molecule has 0 amide bonds. The predicted molar refractivity (Wildman–Crippen MR) is 71.3 cm³/mol. The highest BCUT2D eigenvalue weighted by Crippen LogP contribution is 2.24. The number of nitrogens with one attached hydrogen (secondary N) is 1. The van der Waals surface area contributed by atoms with Crippen molar-refractivity contribution in [2.24, 2.45) is 0 Å². The fourth-order valence-electron chi connectivity index (χ4n) is 3.30. The summed E-state index contributed by atoms with van der Waals surface area (Å²) in [5.74, 6) is 0. The maximum Gasteiger partial charge on any atom is 0.0701 e. The molecule has 2 aliphatic rings. The molecule has 0 bridgehead atoms. The fraction of sp³-hybridized carbons (Fsp3) is 1.00. The zero-order chi connectivity index (χ0) is 12.1. The Labute approximate surface area is 106 Å². The van der Waals surface area contributed by atoms with E-state index in [1.807, 2.05) is 0 Å². The molecule has 2 heterocycles. The van der Waals surface area contributed by atoms with Gasteiger partial charge in [0.25, 0.3) is 0 Å². The highest BCUT2D eigenvalue weighted by atomic mass is 16.5. The maximum absolute atomic E-state index is 5.82. The van der Waals surface area contributed by atoms with Gasteiger partial charge in [0.1, 0.15) is 0 Å². The van der Waals surface area contributed by atoms with Crippen molar-refractivity contribution in [1.29, 1.82) is 0 Å². The van der Waals surface area contributed by atoms with Gasteiger partial charge in [-0.2, -0.15) is 0 Å². The van der Waals surface area contributed by atoms with Crippen LogP contribution in [0.15, 0.2) is 0 Å². The van der Waals surface area contributed by atoms with E-state index >= 15 is 0 Å². The molecule has 2 saturated heterocycles. The molecule has 0 saturated carbocycles. The van der Waals surface area contributed by atoms with Crippen molar-refractivity contribution in [2.75, 3.05) is 33.3 Å². The minimum atomic E-state index is 0.378. The molecule has 2 fully saturated rings. The van der Waals surface area contributed by atoms with Crippen molar-refractivity contribution >= 4 is 0 Å². The van der Waals surface area contributed by atoms with Gasteiger partial charge < -0.3 is 15.0 Å². The van der Waals surface area contributed by atoms with E-state index in [1.54, 1.807) is 0 Å². The molecule has 0 aliphatic carbocycles. The third kappa shape index (κ3) is 3.67. The van der Waals surface area contributed by atoms with E-state index in [-0.39, 0.29) is 0 Å². The number of hydrogen-bond donors (Lipinski definition) is 1. The first kappa shape index (κ1) is 13.3. The maximum atomic E-state index is 5.82. The standard InChI is InChI=1S/C14H28N2O/c1-3-14(8-6-9-15-14)12-16(2)11-13-7-4-5-10-17-13/h13,15H,3-12H2,1-2H3. The Hall–Kier alpha value is -0.120. The van der Waals surface area contributed by atoms with Crippen LogP contribution in [0.3, 0.4) is 0 Å². The highest BCUT2D eigenvalue weighted by molar-refractivity contribution is 4.94. The van der Waals surface area contributed by atoms with Crippen LogP contribution >= 0.6 is 0 Å². The molecule has 0 aromatic rings. The molecular weight excluding hydrogens is 212 g/mol. The Morgan fingerprint density at radius 2 is 2.24 bits per heavy atom. The number of nitrogens with zero attached hydrogens (tertiary/aromatic N) is 1. The Morgan fingerprint density at radius 1 is 1.35 bits per heavy atom. The average Bonchev–Trinajstić information content (AvgIpc) is 2.79. The van der Waals surface area contributed by atoms with Crippen molar-refractivity contribution in [1.82, 2.24) is 10.2 Å². The van der Waals surface area contributed by atoms with E-state index in [0.717, 1.165) is 13.2 Å². The lowest BCUT2D eigenvalue weighted by Gasteiger charge is -2.35. The number of rotatable bonds is 5.